The maximum atomic E-state index is 13.7. The Kier molecular flexibility index (Phi) is 6.90. The second kappa shape index (κ2) is 10.4. The van der Waals surface area contributed by atoms with Crippen molar-refractivity contribution < 1.29 is 32.2 Å². The van der Waals surface area contributed by atoms with Gasteiger partial charge in [0.15, 0.2) is 17.4 Å². The van der Waals surface area contributed by atoms with Gasteiger partial charge in [-0.2, -0.15) is 18.3 Å². The van der Waals surface area contributed by atoms with Crippen molar-refractivity contribution in [2.75, 3.05) is 41.4 Å². The van der Waals surface area contributed by atoms with Crippen LogP contribution in [0.3, 0.4) is 0 Å². The third-order valence-electron chi connectivity index (χ3n) is 7.12. The molecule has 3 aliphatic rings. The summed E-state index contributed by atoms with van der Waals surface area (Å²) < 4.78 is 57.0. The van der Waals surface area contributed by atoms with Gasteiger partial charge in [-0.1, -0.05) is 12.1 Å². The molecule has 0 saturated carbocycles. The minimum Gasteiger partial charge on any atom is -0.474 e. The Labute approximate surface area is 233 Å². The van der Waals surface area contributed by atoms with Crippen LogP contribution in [0.2, 0.25) is 0 Å². The number of urea groups is 1. The van der Waals surface area contributed by atoms with Crippen LogP contribution in [0.1, 0.15) is 32.3 Å². The Hall–Kier alpha value is -4.04. The number of hydrogen-bond donors (Lipinski definition) is 1. The van der Waals surface area contributed by atoms with Crippen LogP contribution in [0.4, 0.5) is 35.2 Å². The van der Waals surface area contributed by atoms with Crippen molar-refractivity contribution in [3.05, 3.63) is 48.3 Å². The van der Waals surface area contributed by atoms with Crippen LogP contribution in [0.25, 0.3) is 11.4 Å². The molecule has 2 fully saturated rings. The number of benzene rings is 1. The molecule has 6 rings (SSSR count). The number of ether oxygens (including phenoxy) is 3. The first kappa shape index (κ1) is 27.1. The molecular weight excluding hydrogens is 543 g/mol. The summed E-state index contributed by atoms with van der Waals surface area (Å²) in [6.07, 6.45) is -0.203. The van der Waals surface area contributed by atoms with Crippen molar-refractivity contribution in [2.24, 2.45) is 0 Å². The molecule has 41 heavy (non-hydrogen) atoms. The molecule has 5 heterocycles. The van der Waals surface area contributed by atoms with Gasteiger partial charge in [-0.25, -0.2) is 14.8 Å². The molecule has 2 atom stereocenters. The van der Waals surface area contributed by atoms with E-state index in [9.17, 15) is 18.0 Å². The molecule has 216 valence electrons. The average molecular weight is 572 g/mol. The van der Waals surface area contributed by atoms with Gasteiger partial charge in [-0.05, 0) is 38.8 Å². The first-order valence-electron chi connectivity index (χ1n) is 13.2. The summed E-state index contributed by atoms with van der Waals surface area (Å²) in [5.41, 5.74) is 0.403. The van der Waals surface area contributed by atoms with E-state index in [2.05, 4.69) is 30.4 Å². The van der Waals surface area contributed by atoms with Crippen molar-refractivity contribution in [2.45, 2.75) is 50.8 Å². The number of nitrogens with one attached hydrogen (secondary N) is 1. The van der Waals surface area contributed by atoms with Crippen LogP contribution in [0.5, 0.6) is 5.88 Å². The highest BCUT2D eigenvalue weighted by atomic mass is 19.4. The van der Waals surface area contributed by atoms with E-state index in [-0.39, 0.29) is 36.0 Å². The van der Waals surface area contributed by atoms with E-state index in [1.165, 1.54) is 18.3 Å². The summed E-state index contributed by atoms with van der Waals surface area (Å²) in [6.45, 7) is 5.58. The van der Waals surface area contributed by atoms with E-state index >= 15 is 0 Å². The predicted molar refractivity (Wildman–Crippen MR) is 142 cm³/mol. The fourth-order valence-electron chi connectivity index (χ4n) is 5.25. The van der Waals surface area contributed by atoms with Crippen molar-refractivity contribution in [1.82, 2.24) is 20.2 Å². The number of alkyl halides is 3. The zero-order chi connectivity index (χ0) is 28.8. The van der Waals surface area contributed by atoms with E-state index in [0.717, 1.165) is 31.5 Å². The molecule has 2 amide bonds. The molecule has 0 aliphatic carbocycles. The SMILES string of the molecule is CC1(C)OC[C@H](COc2cc(NC(=O)N3c4nc(-c5cccc(C(F)(F)F)c5)ncc4N4CCC[C@H]3C4)cnn2)O1. The third-order valence-corrected chi connectivity index (χ3v) is 7.12. The predicted octanol–water partition coefficient (Wildman–Crippen LogP) is 4.50. The molecular formula is C27H28F3N7O4. The molecule has 2 saturated heterocycles. The van der Waals surface area contributed by atoms with Crippen molar-refractivity contribution in [1.29, 1.82) is 0 Å². The molecule has 14 heteroatoms. The Morgan fingerprint density at radius 1 is 1.24 bits per heavy atom. The molecule has 3 aliphatic heterocycles. The fourth-order valence-corrected chi connectivity index (χ4v) is 5.25. The van der Waals surface area contributed by atoms with Crippen molar-refractivity contribution in [3.8, 4) is 17.3 Å². The molecule has 3 aromatic rings. The van der Waals surface area contributed by atoms with Crippen LogP contribution < -0.4 is 19.9 Å². The van der Waals surface area contributed by atoms with Gasteiger partial charge in [0.2, 0.25) is 5.88 Å². The zero-order valence-electron chi connectivity index (χ0n) is 22.4. The minimum absolute atomic E-state index is 0.0939. The fraction of sp³-hybridized carbons (Fsp3) is 0.444. The van der Waals surface area contributed by atoms with Crippen LogP contribution in [0.15, 0.2) is 42.7 Å². The number of rotatable bonds is 5. The molecule has 2 bridgehead atoms. The van der Waals surface area contributed by atoms with Gasteiger partial charge in [-0.3, -0.25) is 4.90 Å². The number of nitrogens with zero attached hydrogens (tertiary/aromatic N) is 6. The average Bonchev–Trinajstić information content (AvgIpc) is 3.30. The molecule has 1 N–H and O–H groups in total. The van der Waals surface area contributed by atoms with Crippen molar-refractivity contribution >= 4 is 23.2 Å². The summed E-state index contributed by atoms with van der Waals surface area (Å²) in [5.74, 6) is -0.0515. The number of anilines is 3. The number of aromatic nitrogens is 4. The van der Waals surface area contributed by atoms with Gasteiger partial charge in [0, 0.05) is 24.7 Å². The monoisotopic (exact) mass is 571 g/mol. The van der Waals surface area contributed by atoms with Crippen LogP contribution in [0, 0.1) is 0 Å². The topological polar surface area (TPSA) is 115 Å². The number of hydrogen-bond acceptors (Lipinski definition) is 9. The number of halogens is 3. The summed E-state index contributed by atoms with van der Waals surface area (Å²) in [5, 5.41) is 10.8. The number of fused-ring (bicyclic) bond motifs is 4. The minimum atomic E-state index is -4.51. The van der Waals surface area contributed by atoms with E-state index in [1.54, 1.807) is 17.2 Å². The van der Waals surface area contributed by atoms with Crippen LogP contribution >= 0.6 is 0 Å². The Balaban J connectivity index is 1.24. The summed E-state index contributed by atoms with van der Waals surface area (Å²) in [7, 11) is 0. The Morgan fingerprint density at radius 2 is 2.10 bits per heavy atom. The number of amides is 2. The van der Waals surface area contributed by atoms with Gasteiger partial charge in [0.1, 0.15) is 12.7 Å². The lowest BCUT2D eigenvalue weighted by Gasteiger charge is -2.45. The summed E-state index contributed by atoms with van der Waals surface area (Å²) >= 11 is 0. The van der Waals surface area contributed by atoms with Gasteiger partial charge >= 0.3 is 12.2 Å². The smallest absolute Gasteiger partial charge is 0.416 e. The maximum absolute atomic E-state index is 13.7. The van der Waals surface area contributed by atoms with Crippen molar-refractivity contribution in [3.63, 3.8) is 0 Å². The zero-order valence-corrected chi connectivity index (χ0v) is 22.4. The number of carbonyl (C=O) groups excluding carboxylic acids is 1. The Bertz CT molecular complexity index is 1450. The Morgan fingerprint density at radius 3 is 2.88 bits per heavy atom. The summed E-state index contributed by atoms with van der Waals surface area (Å²) in [4.78, 5) is 26.3. The van der Waals surface area contributed by atoms with E-state index in [4.69, 9.17) is 14.2 Å². The number of piperidine rings is 1. The highest BCUT2D eigenvalue weighted by Gasteiger charge is 2.39. The summed E-state index contributed by atoms with van der Waals surface area (Å²) in [6, 6.07) is 5.73. The normalized spacial score (nSPS) is 21.4. The van der Waals surface area contributed by atoms with E-state index in [0.29, 0.717) is 30.3 Å². The standard InChI is InChI=1S/C27H28F3N7O4/c1-26(2)40-15-20(41-26)14-39-22-10-18(11-32-35-22)33-25(38)37-19-7-4-8-36(13-19)21-12-31-23(34-24(21)37)16-5-3-6-17(9-16)27(28,29)30/h3,5-6,9-12,19-20H,4,7-8,13-15H2,1-2H3,(H,33,35,38)/t19-,20-/m0/s1. The van der Waals surface area contributed by atoms with Crippen LogP contribution in [-0.4, -0.2) is 70.4 Å². The first-order valence-corrected chi connectivity index (χ1v) is 13.2. The maximum Gasteiger partial charge on any atom is 0.416 e. The third kappa shape index (κ3) is 5.75. The number of carbonyl (C=O) groups is 1. The van der Waals surface area contributed by atoms with Gasteiger partial charge < -0.3 is 24.4 Å². The highest BCUT2D eigenvalue weighted by molar-refractivity contribution is 6.04. The molecule has 0 radical (unpaired) electrons. The molecule has 11 nitrogen and oxygen atoms in total. The first-order chi connectivity index (χ1) is 19.6. The quantitative estimate of drug-likeness (QED) is 0.473. The van der Waals surface area contributed by atoms with Crippen LogP contribution in [-0.2, 0) is 15.7 Å². The lowest BCUT2D eigenvalue weighted by molar-refractivity contribution is -0.141. The lowest BCUT2D eigenvalue weighted by atomic mass is 10.0. The largest absolute Gasteiger partial charge is 0.474 e. The van der Waals surface area contributed by atoms with E-state index < -0.39 is 23.6 Å². The molecule has 2 aromatic heterocycles. The highest BCUT2D eigenvalue weighted by Crippen LogP contribution is 2.39. The van der Waals surface area contributed by atoms with Gasteiger partial charge in [0.05, 0.1) is 42.0 Å². The van der Waals surface area contributed by atoms with E-state index in [1.807, 2.05) is 13.8 Å². The second-order valence-corrected chi connectivity index (χ2v) is 10.6. The molecule has 0 unspecified atom stereocenters. The molecule has 0 spiro atoms. The van der Waals surface area contributed by atoms with Gasteiger partial charge in [-0.15, -0.1) is 5.10 Å². The van der Waals surface area contributed by atoms with Gasteiger partial charge in [0.25, 0.3) is 0 Å². The lowest BCUT2D eigenvalue weighted by Crippen LogP contribution is -2.56. The molecule has 1 aromatic carbocycles. The second-order valence-electron chi connectivity index (χ2n) is 10.6.